The van der Waals surface area contributed by atoms with Crippen molar-refractivity contribution in [3.05, 3.63) is 71.8 Å². The van der Waals surface area contributed by atoms with Gasteiger partial charge in [-0.3, -0.25) is 24.6 Å². The van der Waals surface area contributed by atoms with E-state index in [1.54, 1.807) is 0 Å². The van der Waals surface area contributed by atoms with Crippen LogP contribution < -0.4 is 16.1 Å². The van der Waals surface area contributed by atoms with Gasteiger partial charge in [-0.2, -0.15) is 0 Å². The van der Waals surface area contributed by atoms with Crippen LogP contribution in [0.3, 0.4) is 0 Å². The van der Waals surface area contributed by atoms with Crippen LogP contribution in [0.5, 0.6) is 0 Å². The van der Waals surface area contributed by atoms with Crippen molar-refractivity contribution in [1.82, 2.24) is 21.1 Å². The van der Waals surface area contributed by atoms with Crippen molar-refractivity contribution in [2.45, 2.75) is 64.3 Å². The average molecular weight is 597 g/mol. The number of nitrogens with zero attached hydrogens (tertiary/aromatic N) is 1. The molecule has 1 aliphatic heterocycles. The summed E-state index contributed by atoms with van der Waals surface area (Å²) in [7, 11) is 0. The van der Waals surface area contributed by atoms with E-state index in [0.717, 1.165) is 18.4 Å². The zero-order valence-electron chi connectivity index (χ0n) is 24.7. The van der Waals surface area contributed by atoms with Crippen LogP contribution in [0.15, 0.2) is 60.7 Å². The molecule has 0 radical (unpaired) electrons. The van der Waals surface area contributed by atoms with Gasteiger partial charge in [0, 0.05) is 6.42 Å². The molecule has 12 nitrogen and oxygen atoms in total. The number of ether oxygens (including phenoxy) is 2. The average Bonchev–Trinajstić information content (AvgIpc) is 3.78. The minimum Gasteiger partial charge on any atom is -0.480 e. The van der Waals surface area contributed by atoms with Crippen LogP contribution in [0, 0.1) is 5.92 Å². The Balaban J connectivity index is 1.47. The van der Waals surface area contributed by atoms with Gasteiger partial charge in [-0.25, -0.2) is 9.80 Å². The number of hydrazine groups is 1. The van der Waals surface area contributed by atoms with Crippen LogP contribution in [-0.4, -0.2) is 83.8 Å². The molecule has 232 valence electrons. The first-order valence-corrected chi connectivity index (χ1v) is 14.3. The summed E-state index contributed by atoms with van der Waals surface area (Å²) in [6.45, 7) is 4.97. The second-order valence-corrected chi connectivity index (χ2v) is 10.7. The van der Waals surface area contributed by atoms with Crippen molar-refractivity contribution in [2.24, 2.45) is 5.92 Å². The highest BCUT2D eigenvalue weighted by Crippen LogP contribution is 2.25. The molecule has 1 saturated heterocycles. The van der Waals surface area contributed by atoms with E-state index in [2.05, 4.69) is 16.1 Å². The number of esters is 1. The predicted octanol–water partition coefficient (Wildman–Crippen LogP) is 1.24. The summed E-state index contributed by atoms with van der Waals surface area (Å²) >= 11 is 0. The first kappa shape index (κ1) is 33.2. The van der Waals surface area contributed by atoms with Gasteiger partial charge in [0.05, 0.1) is 12.6 Å². The zero-order chi connectivity index (χ0) is 31.4. The van der Waals surface area contributed by atoms with E-state index >= 15 is 0 Å². The molecule has 4 N–H and O–H groups in total. The van der Waals surface area contributed by atoms with Gasteiger partial charge < -0.3 is 25.2 Å². The van der Waals surface area contributed by atoms with Crippen LogP contribution in [-0.2, 0) is 46.3 Å². The molecule has 0 aliphatic carbocycles. The first-order valence-electron chi connectivity index (χ1n) is 14.3. The molecule has 0 bridgehead atoms. The van der Waals surface area contributed by atoms with Gasteiger partial charge in [-0.05, 0) is 43.4 Å². The zero-order valence-corrected chi connectivity index (χ0v) is 24.7. The summed E-state index contributed by atoms with van der Waals surface area (Å²) in [5.74, 6) is -4.36. The second-order valence-electron chi connectivity index (χ2n) is 10.7. The monoisotopic (exact) mass is 596 g/mol. The Morgan fingerprint density at radius 1 is 0.884 bits per heavy atom. The van der Waals surface area contributed by atoms with E-state index in [-0.39, 0.29) is 12.5 Å². The Bertz CT molecular complexity index is 1240. The number of hydrogen-bond donors (Lipinski definition) is 4. The molecule has 3 rings (SSSR count). The Labute approximate surface area is 251 Å². The Morgan fingerprint density at radius 2 is 1.49 bits per heavy atom. The van der Waals surface area contributed by atoms with Crippen LogP contribution in [0.2, 0.25) is 0 Å². The topological polar surface area (TPSA) is 167 Å². The molecule has 0 saturated carbocycles. The Hall–Kier alpha value is -4.29. The van der Waals surface area contributed by atoms with Crippen molar-refractivity contribution in [3.63, 3.8) is 0 Å². The molecule has 1 heterocycles. The molecule has 2 aromatic carbocycles. The SMILES string of the molecule is CC(C)[C@H](NCCCc1ccccc1)C(=O)N[C@@H](C)C(=O)NN(CC(=O)O)C(=O)[C@H]1O[C@@H]1C(=O)OCCc1ccccc1. The standard InChI is InChI=1S/C31H40N4O8/c1-20(2)25(32-17-10-15-22-11-6-4-7-12-22)29(39)33-21(3)28(38)34-35(19-24(36)37)30(40)26-27(43-26)31(41)42-18-16-23-13-8-5-9-14-23/h4-9,11-14,20-21,25-27,32H,10,15-19H2,1-3H3,(H,33,39)(H,34,38)(H,36,37)/t21-,25-,26-,27-/m0/s1. The van der Waals surface area contributed by atoms with Crippen molar-refractivity contribution >= 4 is 29.7 Å². The van der Waals surface area contributed by atoms with Crippen molar-refractivity contribution in [2.75, 3.05) is 19.7 Å². The number of carboxylic acid groups (broad SMARTS) is 1. The number of epoxide rings is 1. The molecule has 0 aromatic heterocycles. The molecule has 1 aliphatic rings. The van der Waals surface area contributed by atoms with Crippen LogP contribution in [0.25, 0.3) is 0 Å². The third-order valence-electron chi connectivity index (χ3n) is 6.80. The Morgan fingerprint density at radius 3 is 2.07 bits per heavy atom. The summed E-state index contributed by atoms with van der Waals surface area (Å²) in [5, 5.41) is 15.7. The smallest absolute Gasteiger partial charge is 0.338 e. The van der Waals surface area contributed by atoms with Crippen molar-refractivity contribution < 1.29 is 38.6 Å². The molecular formula is C31H40N4O8. The summed E-state index contributed by atoms with van der Waals surface area (Å²) in [4.78, 5) is 62.4. The number of carbonyl (C=O) groups excluding carboxylic acids is 4. The quantitative estimate of drug-likeness (QED) is 0.0965. The number of hydrogen-bond acceptors (Lipinski definition) is 8. The maximum absolute atomic E-state index is 13.0. The maximum atomic E-state index is 13.0. The lowest BCUT2D eigenvalue weighted by Crippen LogP contribution is -2.58. The lowest BCUT2D eigenvalue weighted by Gasteiger charge is -2.26. The van der Waals surface area contributed by atoms with Gasteiger partial charge in [-0.1, -0.05) is 74.5 Å². The highest BCUT2D eigenvalue weighted by Gasteiger charge is 2.53. The van der Waals surface area contributed by atoms with E-state index in [4.69, 9.17) is 9.47 Å². The number of amides is 3. The van der Waals surface area contributed by atoms with Gasteiger partial charge in [0.1, 0.15) is 12.6 Å². The molecule has 43 heavy (non-hydrogen) atoms. The van der Waals surface area contributed by atoms with E-state index in [1.165, 1.54) is 12.5 Å². The number of carbonyl (C=O) groups is 5. The van der Waals surface area contributed by atoms with Gasteiger partial charge in [0.15, 0.2) is 12.2 Å². The summed E-state index contributed by atoms with van der Waals surface area (Å²) < 4.78 is 10.3. The third-order valence-corrected chi connectivity index (χ3v) is 6.80. The van der Waals surface area contributed by atoms with Gasteiger partial charge in [0.25, 0.3) is 11.8 Å². The molecule has 2 aromatic rings. The van der Waals surface area contributed by atoms with Crippen LogP contribution in [0.1, 0.15) is 38.3 Å². The highest BCUT2D eigenvalue weighted by atomic mass is 16.6. The predicted molar refractivity (Wildman–Crippen MR) is 156 cm³/mol. The fraction of sp³-hybridized carbons (Fsp3) is 0.452. The minimum absolute atomic E-state index is 0.0755. The summed E-state index contributed by atoms with van der Waals surface area (Å²) in [6, 6.07) is 17.7. The van der Waals surface area contributed by atoms with E-state index in [1.807, 2.05) is 74.5 Å². The van der Waals surface area contributed by atoms with Crippen molar-refractivity contribution in [1.29, 1.82) is 0 Å². The normalized spacial score (nSPS) is 16.9. The summed E-state index contributed by atoms with van der Waals surface area (Å²) in [6.07, 6.45) is -0.353. The van der Waals surface area contributed by atoms with Crippen LogP contribution in [0.4, 0.5) is 0 Å². The lowest BCUT2D eigenvalue weighted by atomic mass is 10.0. The minimum atomic E-state index is -1.40. The first-order chi connectivity index (χ1) is 20.6. The number of aliphatic carboxylic acids is 1. The van der Waals surface area contributed by atoms with Crippen molar-refractivity contribution in [3.8, 4) is 0 Å². The second kappa shape index (κ2) is 16.4. The van der Waals surface area contributed by atoms with E-state index < -0.39 is 60.5 Å². The number of nitrogens with one attached hydrogen (secondary N) is 3. The van der Waals surface area contributed by atoms with Gasteiger partial charge >= 0.3 is 11.9 Å². The van der Waals surface area contributed by atoms with Gasteiger partial charge in [0.2, 0.25) is 5.91 Å². The molecule has 4 atom stereocenters. The number of carboxylic acids is 1. The molecule has 3 amide bonds. The lowest BCUT2D eigenvalue weighted by molar-refractivity contribution is -0.151. The van der Waals surface area contributed by atoms with E-state index in [0.29, 0.717) is 18.0 Å². The number of benzene rings is 2. The van der Waals surface area contributed by atoms with Gasteiger partial charge in [-0.15, -0.1) is 0 Å². The maximum Gasteiger partial charge on any atom is 0.338 e. The van der Waals surface area contributed by atoms with E-state index in [9.17, 15) is 29.1 Å². The Kier molecular flexibility index (Phi) is 12.6. The largest absolute Gasteiger partial charge is 0.480 e. The number of rotatable bonds is 16. The fourth-order valence-corrected chi connectivity index (χ4v) is 4.36. The number of aryl methyl sites for hydroxylation is 1. The fourth-order valence-electron chi connectivity index (χ4n) is 4.36. The summed E-state index contributed by atoms with van der Waals surface area (Å²) in [5.41, 5.74) is 4.40. The highest BCUT2D eigenvalue weighted by molar-refractivity contribution is 5.96. The van der Waals surface area contributed by atoms with Crippen LogP contribution >= 0.6 is 0 Å². The molecule has 0 unspecified atom stereocenters. The molecular weight excluding hydrogens is 556 g/mol. The molecule has 12 heteroatoms. The molecule has 1 fully saturated rings. The third kappa shape index (κ3) is 10.8. The molecule has 0 spiro atoms.